The summed E-state index contributed by atoms with van der Waals surface area (Å²) in [6.07, 6.45) is 0. The molecule has 1 aliphatic heterocycles. The number of carbonyl (C=O) groups excluding carboxylic acids is 2. The van der Waals surface area contributed by atoms with E-state index in [-0.39, 0.29) is 11.8 Å². The lowest BCUT2D eigenvalue weighted by molar-refractivity contribution is -0.147. The maximum absolute atomic E-state index is 11.4. The minimum absolute atomic E-state index is 0.0376. The monoisotopic (exact) mass is 171 g/mol. The normalized spacial score (nSPS) is 30.8. The number of esters is 1. The van der Waals surface area contributed by atoms with Crippen LogP contribution in [0.25, 0.3) is 0 Å². The molecule has 0 radical (unpaired) electrons. The van der Waals surface area contributed by atoms with Crippen LogP contribution in [0.1, 0.15) is 6.92 Å². The molecular formula is C8H13NO3. The third kappa shape index (κ3) is 1.34. The molecule has 0 saturated carbocycles. The van der Waals surface area contributed by atoms with Gasteiger partial charge in [-0.3, -0.25) is 14.5 Å². The first-order chi connectivity index (χ1) is 5.57. The lowest BCUT2D eigenvalue weighted by Gasteiger charge is -2.10. The Morgan fingerprint density at radius 2 is 2.25 bits per heavy atom. The molecule has 0 aromatic carbocycles. The first-order valence-corrected chi connectivity index (χ1v) is 3.89. The molecular weight excluding hydrogens is 158 g/mol. The molecule has 0 aromatic rings. The highest BCUT2D eigenvalue weighted by atomic mass is 16.5. The number of nitrogens with zero attached hydrogens (tertiary/aromatic N) is 1. The minimum atomic E-state index is -0.574. The van der Waals surface area contributed by atoms with E-state index < -0.39 is 11.9 Å². The summed E-state index contributed by atoms with van der Waals surface area (Å²) in [5, 5.41) is 0. The van der Waals surface area contributed by atoms with E-state index in [1.807, 2.05) is 11.9 Å². The zero-order valence-corrected chi connectivity index (χ0v) is 7.53. The van der Waals surface area contributed by atoms with Gasteiger partial charge in [0, 0.05) is 6.54 Å². The van der Waals surface area contributed by atoms with E-state index in [9.17, 15) is 9.59 Å². The number of ketones is 1. The molecule has 12 heavy (non-hydrogen) atoms. The van der Waals surface area contributed by atoms with Crippen molar-refractivity contribution in [2.75, 3.05) is 20.7 Å². The van der Waals surface area contributed by atoms with Crippen LogP contribution in [-0.2, 0) is 14.3 Å². The molecule has 0 spiro atoms. The van der Waals surface area contributed by atoms with E-state index in [0.29, 0.717) is 6.54 Å². The molecule has 1 rings (SSSR count). The van der Waals surface area contributed by atoms with E-state index in [2.05, 4.69) is 4.74 Å². The lowest BCUT2D eigenvalue weighted by Crippen LogP contribution is -2.26. The quantitative estimate of drug-likeness (QED) is 0.400. The second-order valence-electron chi connectivity index (χ2n) is 3.09. The molecule has 1 heterocycles. The maximum atomic E-state index is 11.4. The van der Waals surface area contributed by atoms with Crippen molar-refractivity contribution >= 4 is 11.8 Å². The summed E-state index contributed by atoms with van der Waals surface area (Å²) in [4.78, 5) is 24.3. The largest absolute Gasteiger partial charge is 0.468 e. The van der Waals surface area contributed by atoms with Crippen LogP contribution in [0.5, 0.6) is 0 Å². The fourth-order valence-electron chi connectivity index (χ4n) is 1.38. The number of likely N-dealkylation sites (N-methyl/N-ethyl adjacent to an activating group) is 1. The topological polar surface area (TPSA) is 46.6 Å². The summed E-state index contributed by atoms with van der Waals surface area (Å²) < 4.78 is 4.51. The average molecular weight is 171 g/mol. The van der Waals surface area contributed by atoms with Crippen LogP contribution < -0.4 is 0 Å². The average Bonchev–Trinajstić information content (AvgIpc) is 2.32. The van der Waals surface area contributed by atoms with Gasteiger partial charge < -0.3 is 4.74 Å². The van der Waals surface area contributed by atoms with Gasteiger partial charge in [-0.1, -0.05) is 0 Å². The third-order valence-corrected chi connectivity index (χ3v) is 2.37. The predicted molar refractivity (Wildman–Crippen MR) is 42.6 cm³/mol. The highest BCUT2D eigenvalue weighted by Gasteiger charge is 2.40. The molecule has 4 nitrogen and oxygen atoms in total. The van der Waals surface area contributed by atoms with Gasteiger partial charge in [-0.15, -0.1) is 0 Å². The Morgan fingerprint density at radius 1 is 1.67 bits per heavy atom. The van der Waals surface area contributed by atoms with Gasteiger partial charge in [0.2, 0.25) is 0 Å². The van der Waals surface area contributed by atoms with Crippen LogP contribution in [0.2, 0.25) is 0 Å². The van der Waals surface area contributed by atoms with Crippen LogP contribution in [0, 0.1) is 5.92 Å². The van der Waals surface area contributed by atoms with E-state index in [0.717, 1.165) is 0 Å². The molecule has 0 amide bonds. The van der Waals surface area contributed by atoms with E-state index in [1.54, 1.807) is 6.92 Å². The van der Waals surface area contributed by atoms with Crippen molar-refractivity contribution in [1.82, 2.24) is 4.90 Å². The van der Waals surface area contributed by atoms with Gasteiger partial charge in [0.1, 0.15) is 5.92 Å². The van der Waals surface area contributed by atoms with E-state index >= 15 is 0 Å². The first-order valence-electron chi connectivity index (χ1n) is 3.89. The summed E-state index contributed by atoms with van der Waals surface area (Å²) in [5.74, 6) is -1.03. The summed E-state index contributed by atoms with van der Waals surface area (Å²) in [7, 11) is 3.13. The first kappa shape index (κ1) is 9.19. The Morgan fingerprint density at radius 3 is 2.58 bits per heavy atom. The van der Waals surface area contributed by atoms with Crippen molar-refractivity contribution in [1.29, 1.82) is 0 Å². The van der Waals surface area contributed by atoms with Crippen LogP contribution in [-0.4, -0.2) is 43.4 Å². The van der Waals surface area contributed by atoms with Crippen molar-refractivity contribution in [3.8, 4) is 0 Å². The number of Topliss-reactive ketones (excluding diaryl/α,β-unsaturated/α-hetero) is 1. The number of hydrogen-bond acceptors (Lipinski definition) is 4. The molecule has 4 heteroatoms. The molecule has 0 N–H and O–H groups in total. The zero-order chi connectivity index (χ0) is 9.30. The van der Waals surface area contributed by atoms with Crippen LogP contribution in [0.4, 0.5) is 0 Å². The van der Waals surface area contributed by atoms with Gasteiger partial charge >= 0.3 is 5.97 Å². The Labute approximate surface area is 71.5 Å². The van der Waals surface area contributed by atoms with Gasteiger partial charge in [0.05, 0.1) is 13.2 Å². The standard InChI is InChI=1S/C8H13NO3/c1-5-7(10)6(4-9(5)2)8(11)12-3/h5-6H,4H2,1-3H3. The number of likely N-dealkylation sites (tertiary alicyclic amines) is 1. The Bertz CT molecular complexity index is 214. The molecule has 1 aliphatic rings. The second kappa shape index (κ2) is 3.23. The van der Waals surface area contributed by atoms with Crippen LogP contribution >= 0.6 is 0 Å². The Kier molecular flexibility index (Phi) is 2.47. The van der Waals surface area contributed by atoms with Crippen molar-refractivity contribution in [3.63, 3.8) is 0 Å². The number of carbonyl (C=O) groups is 2. The molecule has 68 valence electrons. The summed E-state index contributed by atoms with van der Waals surface area (Å²) in [5.41, 5.74) is 0. The van der Waals surface area contributed by atoms with Crippen molar-refractivity contribution in [2.45, 2.75) is 13.0 Å². The van der Waals surface area contributed by atoms with Gasteiger partial charge in [-0.25, -0.2) is 0 Å². The van der Waals surface area contributed by atoms with Crippen LogP contribution in [0.15, 0.2) is 0 Å². The lowest BCUT2D eigenvalue weighted by atomic mass is 10.1. The molecule has 1 saturated heterocycles. The predicted octanol–water partition coefficient (Wildman–Crippen LogP) is -0.321. The van der Waals surface area contributed by atoms with Gasteiger partial charge in [0.15, 0.2) is 5.78 Å². The van der Waals surface area contributed by atoms with Crippen molar-refractivity contribution < 1.29 is 14.3 Å². The molecule has 0 bridgehead atoms. The number of methoxy groups -OCH3 is 1. The van der Waals surface area contributed by atoms with Crippen molar-refractivity contribution in [3.05, 3.63) is 0 Å². The third-order valence-electron chi connectivity index (χ3n) is 2.37. The molecule has 2 atom stereocenters. The van der Waals surface area contributed by atoms with Crippen LogP contribution in [0.3, 0.4) is 0 Å². The molecule has 2 unspecified atom stereocenters. The summed E-state index contributed by atoms with van der Waals surface area (Å²) >= 11 is 0. The number of rotatable bonds is 1. The molecule has 0 aromatic heterocycles. The zero-order valence-electron chi connectivity index (χ0n) is 7.53. The minimum Gasteiger partial charge on any atom is -0.468 e. The van der Waals surface area contributed by atoms with Gasteiger partial charge in [-0.05, 0) is 14.0 Å². The highest BCUT2D eigenvalue weighted by molar-refractivity contribution is 6.03. The van der Waals surface area contributed by atoms with Crippen molar-refractivity contribution in [2.24, 2.45) is 5.92 Å². The van der Waals surface area contributed by atoms with Gasteiger partial charge in [0.25, 0.3) is 0 Å². The fraction of sp³-hybridized carbons (Fsp3) is 0.750. The Balaban J connectivity index is 2.71. The highest BCUT2D eigenvalue weighted by Crippen LogP contribution is 2.18. The summed E-state index contributed by atoms with van der Waals surface area (Å²) in [6, 6.07) is -0.158. The van der Waals surface area contributed by atoms with Gasteiger partial charge in [-0.2, -0.15) is 0 Å². The molecule has 0 aliphatic carbocycles. The maximum Gasteiger partial charge on any atom is 0.317 e. The molecule has 1 fully saturated rings. The second-order valence-corrected chi connectivity index (χ2v) is 3.09. The fourth-order valence-corrected chi connectivity index (χ4v) is 1.38. The number of ether oxygens (including phenoxy) is 1. The van der Waals surface area contributed by atoms with E-state index in [1.165, 1.54) is 7.11 Å². The smallest absolute Gasteiger partial charge is 0.317 e. The SMILES string of the molecule is COC(=O)C1CN(C)C(C)C1=O. The Hall–Kier alpha value is -0.900. The van der Waals surface area contributed by atoms with E-state index in [4.69, 9.17) is 0 Å². The number of hydrogen-bond donors (Lipinski definition) is 0. The summed E-state index contributed by atoms with van der Waals surface area (Å²) in [6.45, 7) is 2.28.